The van der Waals surface area contributed by atoms with Gasteiger partial charge in [-0.3, -0.25) is 0 Å². The Bertz CT molecular complexity index is 1120. The lowest BCUT2D eigenvalue weighted by Gasteiger charge is -2.12. The molecule has 0 aliphatic carbocycles. The fourth-order valence-electron chi connectivity index (χ4n) is 2.90. The number of para-hydroxylation sites is 2. The summed E-state index contributed by atoms with van der Waals surface area (Å²) < 4.78 is 5.24. The van der Waals surface area contributed by atoms with Crippen LogP contribution in [0.1, 0.15) is 0 Å². The van der Waals surface area contributed by atoms with Crippen molar-refractivity contribution in [1.29, 1.82) is 0 Å². The molecule has 0 atom stereocenters. The Labute approximate surface area is 166 Å². The number of anilines is 2. The molecule has 4 aromatic rings. The standard InChI is InChI=1S/C21H17ClN4O2/c1-28-19-10-9-14(22)12-18(19)26-21(27)23-15-6-4-5-13(11-15)20-24-16-7-2-3-8-17(16)25-20/h2-12H,1H3,(H,24,25)(H2,23,26,27). The summed E-state index contributed by atoms with van der Waals surface area (Å²) in [6, 6.07) is 19.9. The topological polar surface area (TPSA) is 79.0 Å². The number of nitrogens with zero attached hydrogens (tertiary/aromatic N) is 1. The van der Waals surface area contributed by atoms with Gasteiger partial charge in [0.1, 0.15) is 11.6 Å². The molecule has 0 aliphatic rings. The van der Waals surface area contributed by atoms with E-state index in [1.54, 1.807) is 24.3 Å². The molecule has 0 aliphatic heterocycles. The molecule has 4 rings (SSSR count). The number of benzene rings is 3. The number of carbonyl (C=O) groups is 1. The Morgan fingerprint density at radius 2 is 1.89 bits per heavy atom. The molecular weight excluding hydrogens is 376 g/mol. The molecular formula is C21H17ClN4O2. The normalized spacial score (nSPS) is 10.6. The van der Waals surface area contributed by atoms with E-state index >= 15 is 0 Å². The molecule has 1 aromatic heterocycles. The van der Waals surface area contributed by atoms with Crippen LogP contribution in [0.5, 0.6) is 5.75 Å². The quantitative estimate of drug-likeness (QED) is 0.427. The molecule has 0 radical (unpaired) electrons. The Kier molecular flexibility index (Phi) is 4.87. The Morgan fingerprint density at radius 3 is 2.71 bits per heavy atom. The number of ether oxygens (including phenoxy) is 1. The van der Waals surface area contributed by atoms with E-state index in [0.29, 0.717) is 22.1 Å². The molecule has 0 saturated carbocycles. The number of urea groups is 1. The third kappa shape index (κ3) is 3.77. The number of amides is 2. The van der Waals surface area contributed by atoms with E-state index in [1.165, 1.54) is 7.11 Å². The number of aromatic amines is 1. The van der Waals surface area contributed by atoms with Gasteiger partial charge in [-0.1, -0.05) is 35.9 Å². The van der Waals surface area contributed by atoms with Crippen LogP contribution in [0.2, 0.25) is 5.02 Å². The van der Waals surface area contributed by atoms with E-state index in [-0.39, 0.29) is 0 Å². The predicted molar refractivity (Wildman–Crippen MR) is 112 cm³/mol. The molecule has 0 spiro atoms. The summed E-state index contributed by atoms with van der Waals surface area (Å²) in [5.41, 5.74) is 3.84. The zero-order valence-electron chi connectivity index (χ0n) is 15.0. The van der Waals surface area contributed by atoms with Crippen molar-refractivity contribution in [3.63, 3.8) is 0 Å². The highest BCUT2D eigenvalue weighted by molar-refractivity contribution is 6.31. The first kappa shape index (κ1) is 17.9. The van der Waals surface area contributed by atoms with Gasteiger partial charge in [-0.05, 0) is 42.5 Å². The predicted octanol–water partition coefficient (Wildman–Crippen LogP) is 5.54. The van der Waals surface area contributed by atoms with Crippen molar-refractivity contribution < 1.29 is 9.53 Å². The van der Waals surface area contributed by atoms with Gasteiger partial charge in [-0.2, -0.15) is 0 Å². The molecule has 3 N–H and O–H groups in total. The maximum absolute atomic E-state index is 12.4. The first-order valence-corrected chi connectivity index (χ1v) is 8.97. The molecule has 3 aromatic carbocycles. The Balaban J connectivity index is 1.53. The zero-order chi connectivity index (χ0) is 19.5. The maximum Gasteiger partial charge on any atom is 0.323 e. The number of fused-ring (bicyclic) bond motifs is 1. The molecule has 2 amide bonds. The van der Waals surface area contributed by atoms with E-state index < -0.39 is 6.03 Å². The highest BCUT2D eigenvalue weighted by Crippen LogP contribution is 2.28. The first-order chi connectivity index (χ1) is 13.6. The molecule has 0 fully saturated rings. The second-order valence-electron chi connectivity index (χ2n) is 6.11. The Hall–Kier alpha value is -3.51. The molecule has 0 saturated heterocycles. The van der Waals surface area contributed by atoms with Gasteiger partial charge in [0.25, 0.3) is 0 Å². The SMILES string of the molecule is COc1ccc(Cl)cc1NC(=O)Nc1cccc(-c2nc3ccccc3[nH]2)c1. The van der Waals surface area contributed by atoms with E-state index in [1.807, 2.05) is 42.5 Å². The summed E-state index contributed by atoms with van der Waals surface area (Å²) in [4.78, 5) is 20.3. The summed E-state index contributed by atoms with van der Waals surface area (Å²) in [6.45, 7) is 0. The molecule has 7 heteroatoms. The Morgan fingerprint density at radius 1 is 1.04 bits per heavy atom. The number of imidazole rings is 1. The van der Waals surface area contributed by atoms with Crippen molar-refractivity contribution in [3.05, 3.63) is 71.8 Å². The zero-order valence-corrected chi connectivity index (χ0v) is 15.7. The van der Waals surface area contributed by atoms with E-state index in [2.05, 4.69) is 20.6 Å². The summed E-state index contributed by atoms with van der Waals surface area (Å²) in [7, 11) is 1.53. The summed E-state index contributed by atoms with van der Waals surface area (Å²) >= 11 is 6.00. The number of H-pyrrole nitrogens is 1. The van der Waals surface area contributed by atoms with Crippen molar-refractivity contribution in [2.45, 2.75) is 0 Å². The van der Waals surface area contributed by atoms with E-state index in [0.717, 1.165) is 22.4 Å². The second kappa shape index (κ2) is 7.62. The molecule has 140 valence electrons. The smallest absolute Gasteiger partial charge is 0.323 e. The number of rotatable bonds is 4. The number of carbonyl (C=O) groups excluding carboxylic acids is 1. The van der Waals surface area contributed by atoms with Gasteiger partial charge in [0.2, 0.25) is 0 Å². The van der Waals surface area contributed by atoms with Crippen molar-refractivity contribution in [2.24, 2.45) is 0 Å². The van der Waals surface area contributed by atoms with Gasteiger partial charge in [0, 0.05) is 16.3 Å². The minimum absolute atomic E-state index is 0.401. The van der Waals surface area contributed by atoms with Crippen LogP contribution >= 0.6 is 11.6 Å². The average molecular weight is 393 g/mol. The number of aromatic nitrogens is 2. The minimum atomic E-state index is -0.401. The monoisotopic (exact) mass is 392 g/mol. The average Bonchev–Trinajstić information content (AvgIpc) is 3.13. The van der Waals surface area contributed by atoms with Crippen LogP contribution in [0.15, 0.2) is 66.7 Å². The van der Waals surface area contributed by atoms with Crippen molar-refractivity contribution in [3.8, 4) is 17.1 Å². The van der Waals surface area contributed by atoms with Crippen molar-refractivity contribution in [1.82, 2.24) is 9.97 Å². The van der Waals surface area contributed by atoms with Gasteiger partial charge in [-0.25, -0.2) is 9.78 Å². The number of hydrogen-bond donors (Lipinski definition) is 3. The minimum Gasteiger partial charge on any atom is -0.495 e. The first-order valence-electron chi connectivity index (χ1n) is 8.59. The maximum atomic E-state index is 12.4. The fourth-order valence-corrected chi connectivity index (χ4v) is 3.07. The molecule has 6 nitrogen and oxygen atoms in total. The third-order valence-electron chi connectivity index (χ3n) is 4.19. The van der Waals surface area contributed by atoms with Crippen LogP contribution in [0.25, 0.3) is 22.4 Å². The van der Waals surface area contributed by atoms with Crippen molar-refractivity contribution in [2.75, 3.05) is 17.7 Å². The van der Waals surface area contributed by atoms with Crippen LogP contribution < -0.4 is 15.4 Å². The second-order valence-corrected chi connectivity index (χ2v) is 6.54. The summed E-state index contributed by atoms with van der Waals surface area (Å²) in [5.74, 6) is 1.26. The highest BCUT2D eigenvalue weighted by Gasteiger charge is 2.10. The third-order valence-corrected chi connectivity index (χ3v) is 4.43. The lowest BCUT2D eigenvalue weighted by atomic mass is 10.2. The van der Waals surface area contributed by atoms with Crippen LogP contribution in [0.3, 0.4) is 0 Å². The van der Waals surface area contributed by atoms with Gasteiger partial charge >= 0.3 is 6.03 Å². The molecule has 1 heterocycles. The number of hydrogen-bond acceptors (Lipinski definition) is 3. The largest absolute Gasteiger partial charge is 0.495 e. The van der Waals surface area contributed by atoms with Gasteiger partial charge < -0.3 is 20.4 Å². The number of halogens is 1. The highest BCUT2D eigenvalue weighted by atomic mass is 35.5. The number of methoxy groups -OCH3 is 1. The lowest BCUT2D eigenvalue weighted by Crippen LogP contribution is -2.19. The molecule has 0 bridgehead atoms. The van der Waals surface area contributed by atoms with Crippen LogP contribution in [0, 0.1) is 0 Å². The van der Waals surface area contributed by atoms with Crippen LogP contribution in [-0.2, 0) is 0 Å². The van der Waals surface area contributed by atoms with Gasteiger partial charge in [-0.15, -0.1) is 0 Å². The summed E-state index contributed by atoms with van der Waals surface area (Å²) in [6.07, 6.45) is 0. The summed E-state index contributed by atoms with van der Waals surface area (Å²) in [5, 5.41) is 6.07. The van der Waals surface area contributed by atoms with Crippen molar-refractivity contribution >= 4 is 40.0 Å². The van der Waals surface area contributed by atoms with Gasteiger partial charge in [0.05, 0.1) is 23.8 Å². The van der Waals surface area contributed by atoms with Crippen LogP contribution in [0.4, 0.5) is 16.2 Å². The van der Waals surface area contributed by atoms with E-state index in [9.17, 15) is 4.79 Å². The fraction of sp³-hybridized carbons (Fsp3) is 0.0476. The molecule has 28 heavy (non-hydrogen) atoms. The van der Waals surface area contributed by atoms with Gasteiger partial charge in [0.15, 0.2) is 0 Å². The van der Waals surface area contributed by atoms with Crippen LogP contribution in [-0.4, -0.2) is 23.1 Å². The molecule has 0 unspecified atom stereocenters. The lowest BCUT2D eigenvalue weighted by molar-refractivity contribution is 0.262. The van der Waals surface area contributed by atoms with E-state index in [4.69, 9.17) is 16.3 Å². The number of nitrogens with one attached hydrogen (secondary N) is 3.